The average molecular weight is 303 g/mol. The van der Waals surface area contributed by atoms with Gasteiger partial charge in [-0.05, 0) is 43.9 Å². The SMILES string of the molecule is CNC(=O)C1CCCN(c2nc3c(C)c(C)ccc3s2)C1. The normalized spacial score (nSPS) is 19.0. The third-order valence-electron chi connectivity index (χ3n) is 4.38. The summed E-state index contributed by atoms with van der Waals surface area (Å²) in [6, 6.07) is 4.31. The number of amides is 1. The number of carbonyl (C=O) groups is 1. The molecule has 1 atom stereocenters. The van der Waals surface area contributed by atoms with Crippen LogP contribution >= 0.6 is 11.3 Å². The molecule has 4 nitrogen and oxygen atoms in total. The third-order valence-corrected chi connectivity index (χ3v) is 5.46. The molecule has 1 aromatic heterocycles. The van der Waals surface area contributed by atoms with E-state index in [0.29, 0.717) is 0 Å². The molecular weight excluding hydrogens is 282 g/mol. The van der Waals surface area contributed by atoms with E-state index in [0.717, 1.165) is 36.6 Å². The number of nitrogens with zero attached hydrogens (tertiary/aromatic N) is 2. The smallest absolute Gasteiger partial charge is 0.224 e. The van der Waals surface area contributed by atoms with Crippen molar-refractivity contribution in [1.82, 2.24) is 10.3 Å². The van der Waals surface area contributed by atoms with Crippen molar-refractivity contribution in [2.24, 2.45) is 5.92 Å². The molecule has 0 bridgehead atoms. The summed E-state index contributed by atoms with van der Waals surface area (Å²) in [7, 11) is 1.71. The molecule has 1 unspecified atom stereocenters. The number of aromatic nitrogens is 1. The summed E-state index contributed by atoms with van der Waals surface area (Å²) in [5, 5.41) is 3.82. The van der Waals surface area contributed by atoms with E-state index in [1.165, 1.54) is 15.8 Å². The quantitative estimate of drug-likeness (QED) is 0.928. The lowest BCUT2D eigenvalue weighted by Gasteiger charge is -2.31. The van der Waals surface area contributed by atoms with Gasteiger partial charge >= 0.3 is 0 Å². The van der Waals surface area contributed by atoms with Gasteiger partial charge in [-0.3, -0.25) is 4.79 Å². The van der Waals surface area contributed by atoms with Gasteiger partial charge in [-0.25, -0.2) is 4.98 Å². The van der Waals surface area contributed by atoms with Crippen molar-refractivity contribution in [3.63, 3.8) is 0 Å². The molecule has 1 N–H and O–H groups in total. The summed E-state index contributed by atoms with van der Waals surface area (Å²) in [4.78, 5) is 19.0. The highest BCUT2D eigenvalue weighted by Gasteiger charge is 2.26. The molecule has 112 valence electrons. The predicted molar refractivity (Wildman–Crippen MR) is 88.1 cm³/mol. The monoisotopic (exact) mass is 303 g/mol. The van der Waals surface area contributed by atoms with Gasteiger partial charge in [-0.2, -0.15) is 0 Å². The number of carbonyl (C=O) groups excluding carboxylic acids is 1. The Balaban J connectivity index is 1.90. The number of benzene rings is 1. The number of thiazole rings is 1. The molecule has 3 rings (SSSR count). The minimum Gasteiger partial charge on any atom is -0.359 e. The van der Waals surface area contributed by atoms with E-state index < -0.39 is 0 Å². The van der Waals surface area contributed by atoms with E-state index in [4.69, 9.17) is 4.98 Å². The molecule has 0 saturated carbocycles. The van der Waals surface area contributed by atoms with Crippen LogP contribution in [0.4, 0.5) is 5.13 Å². The highest BCUT2D eigenvalue weighted by Crippen LogP contribution is 2.33. The molecule has 1 amide bonds. The molecule has 1 aliphatic heterocycles. The van der Waals surface area contributed by atoms with Gasteiger partial charge in [-0.15, -0.1) is 0 Å². The van der Waals surface area contributed by atoms with Crippen LogP contribution < -0.4 is 10.2 Å². The highest BCUT2D eigenvalue weighted by molar-refractivity contribution is 7.22. The number of anilines is 1. The second-order valence-electron chi connectivity index (χ2n) is 5.75. The van der Waals surface area contributed by atoms with E-state index in [9.17, 15) is 4.79 Å². The van der Waals surface area contributed by atoms with Crippen molar-refractivity contribution in [3.05, 3.63) is 23.3 Å². The Labute approximate surface area is 129 Å². The van der Waals surface area contributed by atoms with E-state index in [1.807, 2.05) is 0 Å². The molecule has 1 fully saturated rings. The van der Waals surface area contributed by atoms with Crippen molar-refractivity contribution in [3.8, 4) is 0 Å². The fraction of sp³-hybridized carbons (Fsp3) is 0.500. The number of hydrogen-bond donors (Lipinski definition) is 1. The van der Waals surface area contributed by atoms with Gasteiger partial charge < -0.3 is 10.2 Å². The van der Waals surface area contributed by atoms with Crippen LogP contribution in [0.2, 0.25) is 0 Å². The maximum Gasteiger partial charge on any atom is 0.224 e. The summed E-state index contributed by atoms with van der Waals surface area (Å²) in [6.45, 7) is 6.02. The first-order valence-electron chi connectivity index (χ1n) is 7.43. The zero-order valence-electron chi connectivity index (χ0n) is 12.8. The van der Waals surface area contributed by atoms with Crippen molar-refractivity contribution in [1.29, 1.82) is 0 Å². The van der Waals surface area contributed by atoms with Gasteiger partial charge in [0.05, 0.1) is 16.1 Å². The largest absolute Gasteiger partial charge is 0.359 e. The number of rotatable bonds is 2. The van der Waals surface area contributed by atoms with Gasteiger partial charge in [0.2, 0.25) is 5.91 Å². The fourth-order valence-corrected chi connectivity index (χ4v) is 3.98. The van der Waals surface area contributed by atoms with Crippen molar-refractivity contribution in [2.75, 3.05) is 25.0 Å². The van der Waals surface area contributed by atoms with Crippen molar-refractivity contribution < 1.29 is 4.79 Å². The lowest BCUT2D eigenvalue weighted by atomic mass is 9.98. The molecule has 0 radical (unpaired) electrons. The summed E-state index contributed by atoms with van der Waals surface area (Å²) >= 11 is 1.73. The van der Waals surface area contributed by atoms with Crippen LogP contribution in [-0.2, 0) is 4.79 Å². The molecule has 1 saturated heterocycles. The number of piperidine rings is 1. The van der Waals surface area contributed by atoms with Gasteiger partial charge in [0.15, 0.2) is 5.13 Å². The third kappa shape index (κ3) is 2.62. The van der Waals surface area contributed by atoms with E-state index in [-0.39, 0.29) is 11.8 Å². The maximum absolute atomic E-state index is 11.9. The van der Waals surface area contributed by atoms with E-state index in [1.54, 1.807) is 18.4 Å². The summed E-state index contributed by atoms with van der Waals surface area (Å²) in [5.74, 6) is 0.228. The molecular formula is C16H21N3OS. The topological polar surface area (TPSA) is 45.2 Å². The van der Waals surface area contributed by atoms with Crippen LogP contribution in [0.25, 0.3) is 10.2 Å². The second-order valence-corrected chi connectivity index (χ2v) is 6.76. The Bertz CT molecular complexity index is 679. The number of fused-ring (bicyclic) bond motifs is 1. The molecule has 2 heterocycles. The van der Waals surface area contributed by atoms with E-state index >= 15 is 0 Å². The molecule has 0 aliphatic carbocycles. The zero-order chi connectivity index (χ0) is 15.0. The maximum atomic E-state index is 11.9. The van der Waals surface area contributed by atoms with E-state index in [2.05, 4.69) is 36.2 Å². The number of nitrogens with one attached hydrogen (secondary N) is 1. The van der Waals surface area contributed by atoms with Crippen LogP contribution in [0, 0.1) is 19.8 Å². The summed E-state index contributed by atoms with van der Waals surface area (Å²) in [5.41, 5.74) is 3.65. The first-order valence-corrected chi connectivity index (χ1v) is 8.25. The van der Waals surface area contributed by atoms with Crippen LogP contribution in [-0.4, -0.2) is 31.0 Å². The van der Waals surface area contributed by atoms with Gasteiger partial charge in [0, 0.05) is 20.1 Å². The minimum absolute atomic E-state index is 0.0820. The first-order chi connectivity index (χ1) is 10.1. The Morgan fingerprint density at radius 3 is 3.00 bits per heavy atom. The Morgan fingerprint density at radius 1 is 1.43 bits per heavy atom. The zero-order valence-corrected chi connectivity index (χ0v) is 13.6. The van der Waals surface area contributed by atoms with Crippen molar-refractivity contribution in [2.45, 2.75) is 26.7 Å². The molecule has 1 aliphatic rings. The second kappa shape index (κ2) is 5.64. The molecule has 2 aromatic rings. The van der Waals surface area contributed by atoms with Gasteiger partial charge in [0.25, 0.3) is 0 Å². The molecule has 1 aromatic carbocycles. The van der Waals surface area contributed by atoms with Crippen LogP contribution in [0.15, 0.2) is 12.1 Å². The van der Waals surface area contributed by atoms with Crippen LogP contribution in [0.3, 0.4) is 0 Å². The van der Waals surface area contributed by atoms with Gasteiger partial charge in [-0.1, -0.05) is 17.4 Å². The minimum atomic E-state index is 0.0820. The van der Waals surface area contributed by atoms with Crippen molar-refractivity contribution >= 4 is 32.6 Å². The molecule has 21 heavy (non-hydrogen) atoms. The summed E-state index contributed by atoms with van der Waals surface area (Å²) < 4.78 is 1.23. The Kier molecular flexibility index (Phi) is 3.85. The lowest BCUT2D eigenvalue weighted by Crippen LogP contribution is -2.42. The van der Waals surface area contributed by atoms with Gasteiger partial charge in [0.1, 0.15) is 0 Å². The summed E-state index contributed by atoms with van der Waals surface area (Å²) in [6.07, 6.45) is 2.02. The fourth-order valence-electron chi connectivity index (χ4n) is 2.92. The van der Waals surface area contributed by atoms with Crippen LogP contribution in [0.5, 0.6) is 0 Å². The average Bonchev–Trinajstić information content (AvgIpc) is 2.95. The Morgan fingerprint density at radius 2 is 2.24 bits per heavy atom. The van der Waals surface area contributed by atoms with Crippen LogP contribution in [0.1, 0.15) is 24.0 Å². The molecule has 0 spiro atoms. The Hall–Kier alpha value is -1.62. The predicted octanol–water partition coefficient (Wildman–Crippen LogP) is 2.88. The highest BCUT2D eigenvalue weighted by atomic mass is 32.1. The first kappa shape index (κ1) is 14.3. The number of hydrogen-bond acceptors (Lipinski definition) is 4. The number of aryl methyl sites for hydroxylation is 2. The standard InChI is InChI=1S/C16H21N3OS/c1-10-6-7-13-14(11(10)2)18-16(21-13)19-8-4-5-12(9-19)15(20)17-3/h6-7,12H,4-5,8-9H2,1-3H3,(H,17,20). The lowest BCUT2D eigenvalue weighted by molar-refractivity contribution is -0.124. The molecule has 5 heteroatoms.